The van der Waals surface area contributed by atoms with Crippen LogP contribution in [0.4, 0.5) is 5.82 Å². The molecule has 0 bridgehead atoms. The van der Waals surface area contributed by atoms with Gasteiger partial charge in [-0.15, -0.1) is 25.5 Å². The van der Waals surface area contributed by atoms with Gasteiger partial charge < -0.3 is 9.47 Å². The van der Waals surface area contributed by atoms with E-state index in [1.165, 1.54) is 31.5 Å². The molecule has 0 spiro atoms. The van der Waals surface area contributed by atoms with Crippen LogP contribution in [-0.4, -0.2) is 47.7 Å². The molecule has 8 heteroatoms. The molecule has 2 aliphatic carbocycles. The SMILES string of the molecule is c1cc2nnc(C3CC3)n2nc1N1CCC(c2nncn2C2CC2)CC1. The van der Waals surface area contributed by atoms with E-state index in [0.717, 1.165) is 43.2 Å². The Hall–Kier alpha value is -2.51. The molecule has 0 unspecified atom stereocenters. The summed E-state index contributed by atoms with van der Waals surface area (Å²) >= 11 is 0. The van der Waals surface area contributed by atoms with Gasteiger partial charge in [-0.05, 0) is 50.7 Å². The highest BCUT2D eigenvalue weighted by Crippen LogP contribution is 2.40. The van der Waals surface area contributed by atoms with Gasteiger partial charge in [-0.2, -0.15) is 4.52 Å². The van der Waals surface area contributed by atoms with Crippen molar-refractivity contribution >= 4 is 11.5 Å². The van der Waals surface area contributed by atoms with E-state index in [9.17, 15) is 0 Å². The first-order valence-electron chi connectivity index (χ1n) is 9.73. The Balaban J connectivity index is 1.22. The van der Waals surface area contributed by atoms with Crippen LogP contribution in [-0.2, 0) is 0 Å². The van der Waals surface area contributed by atoms with Crippen molar-refractivity contribution in [3.63, 3.8) is 0 Å². The van der Waals surface area contributed by atoms with Crippen molar-refractivity contribution in [3.05, 3.63) is 30.1 Å². The topological polar surface area (TPSA) is 77.0 Å². The molecule has 4 heterocycles. The van der Waals surface area contributed by atoms with Gasteiger partial charge in [0.15, 0.2) is 11.5 Å². The number of fused-ring (bicyclic) bond motifs is 1. The van der Waals surface area contributed by atoms with Gasteiger partial charge in [-0.1, -0.05) is 0 Å². The van der Waals surface area contributed by atoms with Crippen LogP contribution in [0, 0.1) is 0 Å². The van der Waals surface area contributed by atoms with Gasteiger partial charge in [0.25, 0.3) is 0 Å². The normalized spacial score (nSPS) is 21.6. The van der Waals surface area contributed by atoms with E-state index in [1.807, 2.05) is 16.9 Å². The van der Waals surface area contributed by atoms with Crippen LogP contribution >= 0.6 is 0 Å². The predicted octanol–water partition coefficient (Wildman–Crippen LogP) is 2.31. The van der Waals surface area contributed by atoms with Crippen LogP contribution in [0.5, 0.6) is 0 Å². The van der Waals surface area contributed by atoms with Gasteiger partial charge in [0.2, 0.25) is 0 Å². The molecule has 6 rings (SSSR count). The number of hydrogen-bond donors (Lipinski definition) is 0. The molecule has 1 saturated heterocycles. The van der Waals surface area contributed by atoms with E-state index in [1.54, 1.807) is 0 Å². The molecule has 3 aliphatic rings. The van der Waals surface area contributed by atoms with Crippen LogP contribution in [0.15, 0.2) is 18.5 Å². The number of aromatic nitrogens is 7. The highest BCUT2D eigenvalue weighted by atomic mass is 15.4. The molecule has 134 valence electrons. The van der Waals surface area contributed by atoms with E-state index in [-0.39, 0.29) is 0 Å². The Bertz CT molecular complexity index is 943. The zero-order chi connectivity index (χ0) is 17.1. The second-order valence-electron chi connectivity index (χ2n) is 7.88. The van der Waals surface area contributed by atoms with Gasteiger partial charge in [-0.25, -0.2) is 0 Å². The molecule has 1 aliphatic heterocycles. The molecule has 3 aromatic heterocycles. The summed E-state index contributed by atoms with van der Waals surface area (Å²) in [6, 6.07) is 4.77. The summed E-state index contributed by atoms with van der Waals surface area (Å²) in [5, 5.41) is 22.0. The second-order valence-corrected chi connectivity index (χ2v) is 7.88. The Labute approximate surface area is 151 Å². The largest absolute Gasteiger partial charge is 0.355 e. The highest BCUT2D eigenvalue weighted by molar-refractivity contribution is 5.46. The number of anilines is 1. The third-order valence-corrected chi connectivity index (χ3v) is 5.94. The smallest absolute Gasteiger partial charge is 0.178 e. The molecule has 0 radical (unpaired) electrons. The summed E-state index contributed by atoms with van der Waals surface area (Å²) in [4.78, 5) is 2.38. The van der Waals surface area contributed by atoms with Crippen molar-refractivity contribution in [1.29, 1.82) is 0 Å². The fraction of sp³-hybridized carbons (Fsp3) is 0.611. The molecular formula is C18H22N8. The van der Waals surface area contributed by atoms with Gasteiger partial charge in [0, 0.05) is 31.0 Å². The lowest BCUT2D eigenvalue weighted by molar-refractivity contribution is 0.462. The van der Waals surface area contributed by atoms with Gasteiger partial charge >= 0.3 is 0 Å². The van der Waals surface area contributed by atoms with Crippen molar-refractivity contribution in [2.24, 2.45) is 0 Å². The van der Waals surface area contributed by atoms with E-state index in [4.69, 9.17) is 5.10 Å². The lowest BCUT2D eigenvalue weighted by Gasteiger charge is -2.32. The summed E-state index contributed by atoms with van der Waals surface area (Å²) in [7, 11) is 0. The van der Waals surface area contributed by atoms with Crippen LogP contribution in [0.25, 0.3) is 5.65 Å². The van der Waals surface area contributed by atoms with Crippen molar-refractivity contribution in [1.82, 2.24) is 34.6 Å². The minimum absolute atomic E-state index is 0.509. The fourth-order valence-electron chi connectivity index (χ4n) is 4.11. The first-order valence-corrected chi connectivity index (χ1v) is 9.73. The lowest BCUT2D eigenvalue weighted by Crippen LogP contribution is -2.34. The second kappa shape index (κ2) is 5.49. The summed E-state index contributed by atoms with van der Waals surface area (Å²) in [5.74, 6) is 4.29. The Morgan fingerprint density at radius 2 is 1.62 bits per heavy atom. The average Bonchev–Trinajstić information content (AvgIpc) is 3.62. The van der Waals surface area contributed by atoms with Crippen molar-refractivity contribution in [2.75, 3.05) is 18.0 Å². The predicted molar refractivity (Wildman–Crippen MR) is 95.2 cm³/mol. The van der Waals surface area contributed by atoms with Gasteiger partial charge in [-0.3, -0.25) is 0 Å². The third-order valence-electron chi connectivity index (χ3n) is 5.94. The molecule has 0 amide bonds. The zero-order valence-corrected chi connectivity index (χ0v) is 14.7. The monoisotopic (exact) mass is 350 g/mol. The Kier molecular flexibility index (Phi) is 3.09. The van der Waals surface area contributed by atoms with Crippen LogP contribution in [0.1, 0.15) is 68.1 Å². The van der Waals surface area contributed by atoms with E-state index >= 15 is 0 Å². The number of hydrogen-bond acceptors (Lipinski definition) is 6. The molecular weight excluding hydrogens is 328 g/mol. The fourth-order valence-corrected chi connectivity index (χ4v) is 4.11. The molecule has 8 nitrogen and oxygen atoms in total. The summed E-state index contributed by atoms with van der Waals surface area (Å²) in [6.07, 6.45) is 9.08. The minimum Gasteiger partial charge on any atom is -0.355 e. The molecule has 0 N–H and O–H groups in total. The van der Waals surface area contributed by atoms with Crippen LogP contribution < -0.4 is 4.90 Å². The standard InChI is InChI=1S/C18H22N8/c1-2-12(1)18-22-20-15-5-6-16(23-26(15)18)24-9-7-13(8-10-24)17-21-19-11-25(17)14-3-4-14/h5-6,11-14H,1-4,7-10H2. The zero-order valence-electron chi connectivity index (χ0n) is 14.7. The summed E-state index contributed by atoms with van der Waals surface area (Å²) in [6.45, 7) is 2.00. The lowest BCUT2D eigenvalue weighted by atomic mass is 9.96. The first kappa shape index (κ1) is 14.6. The molecule has 2 saturated carbocycles. The maximum Gasteiger partial charge on any atom is 0.178 e. The van der Waals surface area contributed by atoms with E-state index < -0.39 is 0 Å². The molecule has 3 aromatic rings. The Morgan fingerprint density at radius 1 is 0.808 bits per heavy atom. The van der Waals surface area contributed by atoms with Crippen molar-refractivity contribution in [2.45, 2.75) is 56.4 Å². The average molecular weight is 350 g/mol. The number of rotatable bonds is 4. The summed E-state index contributed by atoms with van der Waals surface area (Å²) in [5.41, 5.74) is 0.850. The van der Waals surface area contributed by atoms with Gasteiger partial charge in [0.05, 0.1) is 0 Å². The maximum absolute atomic E-state index is 4.85. The maximum atomic E-state index is 4.85. The molecule has 3 fully saturated rings. The first-order chi connectivity index (χ1) is 12.9. The molecule has 0 atom stereocenters. The van der Waals surface area contributed by atoms with Gasteiger partial charge in [0.1, 0.15) is 18.0 Å². The molecule has 26 heavy (non-hydrogen) atoms. The van der Waals surface area contributed by atoms with Crippen molar-refractivity contribution < 1.29 is 0 Å². The highest BCUT2D eigenvalue weighted by Gasteiger charge is 2.32. The molecule has 0 aromatic carbocycles. The van der Waals surface area contributed by atoms with Crippen molar-refractivity contribution in [3.8, 4) is 0 Å². The third kappa shape index (κ3) is 2.39. The quantitative estimate of drug-likeness (QED) is 0.719. The van der Waals surface area contributed by atoms with Crippen LogP contribution in [0.3, 0.4) is 0 Å². The van der Waals surface area contributed by atoms with Crippen LogP contribution in [0.2, 0.25) is 0 Å². The number of nitrogens with zero attached hydrogens (tertiary/aromatic N) is 8. The van der Waals surface area contributed by atoms with E-state index in [0.29, 0.717) is 17.9 Å². The summed E-state index contributed by atoms with van der Waals surface area (Å²) < 4.78 is 4.26. The Morgan fingerprint density at radius 3 is 2.38 bits per heavy atom. The number of piperidine rings is 1. The minimum atomic E-state index is 0.509. The van der Waals surface area contributed by atoms with E-state index in [2.05, 4.69) is 35.9 Å².